The highest BCUT2D eigenvalue weighted by molar-refractivity contribution is 5.88. The monoisotopic (exact) mass is 257 g/mol. The Morgan fingerprint density at radius 2 is 2.21 bits per heavy atom. The third-order valence-corrected chi connectivity index (χ3v) is 2.72. The number of aromatic nitrogens is 1. The van der Waals surface area contributed by atoms with Gasteiger partial charge in [-0.2, -0.15) is 0 Å². The van der Waals surface area contributed by atoms with Gasteiger partial charge in [0.05, 0.1) is 12.6 Å². The van der Waals surface area contributed by atoms with E-state index in [1.54, 1.807) is 7.11 Å². The van der Waals surface area contributed by atoms with Crippen LogP contribution < -0.4 is 15.6 Å². The minimum Gasteiger partial charge on any atom is -0.497 e. The third-order valence-electron chi connectivity index (χ3n) is 2.72. The number of methoxy groups -OCH3 is 1. The summed E-state index contributed by atoms with van der Waals surface area (Å²) in [7, 11) is 1.61. The van der Waals surface area contributed by atoms with Crippen LogP contribution in [0.4, 0.5) is 5.82 Å². The predicted octanol–water partition coefficient (Wildman–Crippen LogP) is 2.18. The van der Waals surface area contributed by atoms with Crippen LogP contribution in [0.5, 0.6) is 5.75 Å². The first-order valence-corrected chi connectivity index (χ1v) is 5.78. The molecule has 2 N–H and O–H groups in total. The molecule has 0 aliphatic rings. The maximum atomic E-state index is 11.1. The fourth-order valence-electron chi connectivity index (χ4n) is 1.75. The average Bonchev–Trinajstić information content (AvgIpc) is 2.44. The third kappa shape index (κ3) is 2.82. The van der Waals surface area contributed by atoms with Crippen molar-refractivity contribution >= 4 is 22.6 Å². The molecular formula is C14H15N3O2. The summed E-state index contributed by atoms with van der Waals surface area (Å²) in [6.45, 7) is 5.36. The smallest absolute Gasteiger partial charge is 0.261 e. The van der Waals surface area contributed by atoms with Gasteiger partial charge in [0.1, 0.15) is 11.6 Å². The summed E-state index contributed by atoms with van der Waals surface area (Å²) in [5.41, 5.74) is 7.07. The van der Waals surface area contributed by atoms with Crippen molar-refractivity contribution in [3.05, 3.63) is 42.5 Å². The lowest BCUT2D eigenvalue weighted by Crippen LogP contribution is -2.27. The minimum absolute atomic E-state index is 0.315. The summed E-state index contributed by atoms with van der Waals surface area (Å²) in [5.74, 6) is 0.991. The molecule has 0 aliphatic carbocycles. The summed E-state index contributed by atoms with van der Waals surface area (Å²) >= 11 is 0. The standard InChI is InChI=1S/C14H15N3O2/c1-4-14(18)17-16-13-7-9(2)11-6-5-10(19-3)8-12(11)15-13/h4-8H,1H2,2-3H3,(H,15,16)(H,17,18). The van der Waals surface area contributed by atoms with Gasteiger partial charge in [-0.25, -0.2) is 4.98 Å². The van der Waals surface area contributed by atoms with Crippen LogP contribution in [0.2, 0.25) is 0 Å². The number of fused-ring (bicyclic) bond motifs is 1. The van der Waals surface area contributed by atoms with Crippen LogP contribution in [-0.2, 0) is 4.79 Å². The van der Waals surface area contributed by atoms with Crippen LogP contribution in [0, 0.1) is 6.92 Å². The Hall–Kier alpha value is -2.56. The van der Waals surface area contributed by atoms with Crippen molar-refractivity contribution in [3.8, 4) is 5.75 Å². The molecule has 1 heterocycles. The van der Waals surface area contributed by atoms with Gasteiger partial charge in [0, 0.05) is 11.5 Å². The Labute approximate surface area is 111 Å². The lowest BCUT2D eigenvalue weighted by Gasteiger charge is -2.10. The number of aryl methyl sites for hydroxylation is 1. The van der Waals surface area contributed by atoms with Crippen LogP contribution in [0.1, 0.15) is 5.56 Å². The predicted molar refractivity (Wildman–Crippen MR) is 75.0 cm³/mol. The number of pyridine rings is 1. The van der Waals surface area contributed by atoms with Gasteiger partial charge in [-0.05, 0) is 36.8 Å². The maximum absolute atomic E-state index is 11.1. The molecule has 19 heavy (non-hydrogen) atoms. The van der Waals surface area contributed by atoms with E-state index in [0.29, 0.717) is 5.82 Å². The fraction of sp³-hybridized carbons (Fsp3) is 0.143. The van der Waals surface area contributed by atoms with Crippen molar-refractivity contribution in [1.82, 2.24) is 10.4 Å². The van der Waals surface area contributed by atoms with Crippen LogP contribution >= 0.6 is 0 Å². The Bertz CT molecular complexity index is 638. The molecule has 0 saturated carbocycles. The van der Waals surface area contributed by atoms with E-state index in [-0.39, 0.29) is 5.91 Å². The number of rotatable bonds is 4. The van der Waals surface area contributed by atoms with Crippen LogP contribution in [0.15, 0.2) is 36.9 Å². The number of carbonyl (C=O) groups excluding carboxylic acids is 1. The molecule has 1 aromatic heterocycles. The van der Waals surface area contributed by atoms with E-state index in [9.17, 15) is 4.79 Å². The van der Waals surface area contributed by atoms with Crippen molar-refractivity contribution in [1.29, 1.82) is 0 Å². The molecule has 0 aliphatic heterocycles. The molecule has 2 rings (SSSR count). The van der Waals surface area contributed by atoms with Crippen molar-refractivity contribution in [3.63, 3.8) is 0 Å². The van der Waals surface area contributed by atoms with Gasteiger partial charge in [0.15, 0.2) is 0 Å². The number of benzene rings is 1. The number of ether oxygens (including phenoxy) is 1. The molecule has 0 radical (unpaired) electrons. The first-order valence-electron chi connectivity index (χ1n) is 5.78. The normalized spacial score (nSPS) is 10.0. The number of anilines is 1. The molecule has 0 spiro atoms. The van der Waals surface area contributed by atoms with E-state index >= 15 is 0 Å². The number of amides is 1. The van der Waals surface area contributed by atoms with Crippen molar-refractivity contribution < 1.29 is 9.53 Å². The average molecular weight is 257 g/mol. The first kappa shape index (κ1) is 12.9. The summed E-state index contributed by atoms with van der Waals surface area (Å²) in [5, 5.41) is 1.04. The quantitative estimate of drug-likeness (QED) is 0.651. The highest BCUT2D eigenvalue weighted by atomic mass is 16.5. The van der Waals surface area contributed by atoms with Gasteiger partial charge in [0.25, 0.3) is 5.91 Å². The molecule has 1 aromatic carbocycles. The molecule has 0 fully saturated rings. The molecule has 5 heteroatoms. The molecule has 0 saturated heterocycles. The zero-order valence-electron chi connectivity index (χ0n) is 10.9. The highest BCUT2D eigenvalue weighted by Crippen LogP contribution is 2.24. The summed E-state index contributed by atoms with van der Waals surface area (Å²) in [6, 6.07) is 7.56. The summed E-state index contributed by atoms with van der Waals surface area (Å²) < 4.78 is 5.17. The number of hydrogen-bond donors (Lipinski definition) is 2. The van der Waals surface area contributed by atoms with E-state index in [1.807, 2.05) is 31.2 Å². The lowest BCUT2D eigenvalue weighted by molar-refractivity contribution is -0.116. The largest absolute Gasteiger partial charge is 0.497 e. The zero-order valence-corrected chi connectivity index (χ0v) is 10.9. The minimum atomic E-state index is -0.315. The molecule has 0 unspecified atom stereocenters. The van der Waals surface area contributed by atoms with Crippen LogP contribution in [0.3, 0.4) is 0 Å². The Morgan fingerprint density at radius 1 is 1.42 bits per heavy atom. The van der Waals surface area contributed by atoms with E-state index in [0.717, 1.165) is 22.2 Å². The topological polar surface area (TPSA) is 63.2 Å². The van der Waals surface area contributed by atoms with Gasteiger partial charge in [-0.1, -0.05) is 6.58 Å². The molecule has 5 nitrogen and oxygen atoms in total. The number of nitrogens with zero attached hydrogens (tertiary/aromatic N) is 1. The van der Waals surface area contributed by atoms with Crippen molar-refractivity contribution in [2.45, 2.75) is 6.92 Å². The van der Waals surface area contributed by atoms with Crippen LogP contribution in [0.25, 0.3) is 10.9 Å². The van der Waals surface area contributed by atoms with E-state index in [1.165, 1.54) is 6.08 Å². The van der Waals surface area contributed by atoms with Crippen molar-refractivity contribution in [2.24, 2.45) is 0 Å². The second-order valence-electron chi connectivity index (χ2n) is 4.03. The zero-order chi connectivity index (χ0) is 13.8. The molecule has 0 bridgehead atoms. The molecular weight excluding hydrogens is 242 g/mol. The van der Waals surface area contributed by atoms with Gasteiger partial charge >= 0.3 is 0 Å². The number of hydrazine groups is 1. The number of hydrogen-bond acceptors (Lipinski definition) is 4. The van der Waals surface area contributed by atoms with Crippen molar-refractivity contribution in [2.75, 3.05) is 12.5 Å². The van der Waals surface area contributed by atoms with Gasteiger partial charge in [-0.15, -0.1) is 0 Å². The van der Waals surface area contributed by atoms with Gasteiger partial charge < -0.3 is 4.74 Å². The number of carbonyl (C=O) groups is 1. The molecule has 1 amide bonds. The lowest BCUT2D eigenvalue weighted by atomic mass is 10.1. The Kier molecular flexibility index (Phi) is 3.66. The van der Waals surface area contributed by atoms with Crippen LogP contribution in [-0.4, -0.2) is 18.0 Å². The fourth-order valence-corrected chi connectivity index (χ4v) is 1.75. The number of nitrogens with one attached hydrogen (secondary N) is 2. The molecule has 0 atom stereocenters. The maximum Gasteiger partial charge on any atom is 0.261 e. The van der Waals surface area contributed by atoms with E-state index in [2.05, 4.69) is 22.4 Å². The van der Waals surface area contributed by atoms with Gasteiger partial charge in [-0.3, -0.25) is 15.6 Å². The molecule has 98 valence electrons. The highest BCUT2D eigenvalue weighted by Gasteiger charge is 2.04. The van der Waals surface area contributed by atoms with Gasteiger partial charge in [0.2, 0.25) is 0 Å². The van der Waals surface area contributed by atoms with E-state index in [4.69, 9.17) is 4.74 Å². The molecule has 2 aromatic rings. The first-order chi connectivity index (χ1) is 9.13. The Balaban J connectivity index is 2.35. The summed E-state index contributed by atoms with van der Waals surface area (Å²) in [6.07, 6.45) is 1.18. The van der Waals surface area contributed by atoms with E-state index < -0.39 is 0 Å². The SMILES string of the molecule is C=CC(=O)NNc1cc(C)c2ccc(OC)cc2n1. The summed E-state index contributed by atoms with van der Waals surface area (Å²) in [4.78, 5) is 15.5. The Morgan fingerprint density at radius 3 is 2.89 bits per heavy atom. The second kappa shape index (κ2) is 5.39. The second-order valence-corrected chi connectivity index (χ2v) is 4.03.